The minimum absolute atomic E-state index is 0.274. The second-order valence-corrected chi connectivity index (χ2v) is 5.46. The summed E-state index contributed by atoms with van der Waals surface area (Å²) in [5.74, 6) is -0.200. The molecule has 0 bridgehead atoms. The van der Waals surface area contributed by atoms with Gasteiger partial charge in [-0.25, -0.2) is 0 Å². The van der Waals surface area contributed by atoms with Gasteiger partial charge in [-0.05, 0) is 30.9 Å². The van der Waals surface area contributed by atoms with Gasteiger partial charge < -0.3 is 9.84 Å². The number of methoxy groups -OCH3 is 1. The summed E-state index contributed by atoms with van der Waals surface area (Å²) < 4.78 is 5.37. The molecule has 110 valence electrons. The van der Waals surface area contributed by atoms with Gasteiger partial charge in [0.15, 0.2) is 0 Å². The van der Waals surface area contributed by atoms with Gasteiger partial charge in [0, 0.05) is 20.1 Å². The molecule has 1 aliphatic rings. The number of likely N-dealkylation sites (tertiary alicyclic amines) is 1. The van der Waals surface area contributed by atoms with Crippen LogP contribution in [0, 0.1) is 5.92 Å². The van der Waals surface area contributed by atoms with Crippen molar-refractivity contribution < 1.29 is 14.6 Å². The SMILES string of the molecule is COCC(c1ccccc1)N1CCC(CCC(=O)O)C1. The molecular weight excluding hydrogens is 254 g/mol. The van der Waals surface area contributed by atoms with Crippen molar-refractivity contribution in [3.63, 3.8) is 0 Å². The van der Waals surface area contributed by atoms with Crippen molar-refractivity contribution in [2.45, 2.75) is 25.3 Å². The second-order valence-electron chi connectivity index (χ2n) is 5.46. The zero-order chi connectivity index (χ0) is 14.4. The van der Waals surface area contributed by atoms with Gasteiger partial charge in [-0.3, -0.25) is 9.69 Å². The van der Waals surface area contributed by atoms with Crippen LogP contribution >= 0.6 is 0 Å². The summed E-state index contributed by atoms with van der Waals surface area (Å²) in [6.45, 7) is 2.67. The Morgan fingerprint density at radius 2 is 2.20 bits per heavy atom. The van der Waals surface area contributed by atoms with Crippen LogP contribution in [0.1, 0.15) is 30.9 Å². The summed E-state index contributed by atoms with van der Waals surface area (Å²) >= 11 is 0. The van der Waals surface area contributed by atoms with Crippen LogP contribution in [0.2, 0.25) is 0 Å². The van der Waals surface area contributed by atoms with Gasteiger partial charge in [-0.2, -0.15) is 0 Å². The smallest absolute Gasteiger partial charge is 0.303 e. The molecule has 1 fully saturated rings. The molecule has 0 saturated carbocycles. The van der Waals surface area contributed by atoms with Crippen LogP contribution in [0.4, 0.5) is 0 Å². The van der Waals surface area contributed by atoms with Crippen LogP contribution in [-0.4, -0.2) is 42.8 Å². The molecule has 2 unspecified atom stereocenters. The van der Waals surface area contributed by atoms with Crippen molar-refractivity contribution in [2.75, 3.05) is 26.8 Å². The number of carboxylic acids is 1. The first-order valence-electron chi connectivity index (χ1n) is 7.20. The van der Waals surface area contributed by atoms with Crippen LogP contribution in [0.5, 0.6) is 0 Å². The number of hydrogen-bond acceptors (Lipinski definition) is 3. The molecule has 0 radical (unpaired) electrons. The molecule has 1 aromatic carbocycles. The van der Waals surface area contributed by atoms with Crippen LogP contribution in [-0.2, 0) is 9.53 Å². The van der Waals surface area contributed by atoms with Crippen molar-refractivity contribution >= 4 is 5.97 Å². The first kappa shape index (κ1) is 15.0. The third kappa shape index (κ3) is 4.05. The van der Waals surface area contributed by atoms with E-state index in [1.807, 2.05) is 6.07 Å². The molecule has 0 aliphatic carbocycles. The van der Waals surface area contributed by atoms with Gasteiger partial charge in [0.05, 0.1) is 12.6 Å². The molecule has 1 aliphatic heterocycles. The maximum atomic E-state index is 10.7. The zero-order valence-corrected chi connectivity index (χ0v) is 12.0. The van der Waals surface area contributed by atoms with Crippen molar-refractivity contribution in [3.05, 3.63) is 35.9 Å². The molecule has 1 aromatic rings. The normalized spacial score (nSPS) is 20.9. The molecule has 1 saturated heterocycles. The number of carbonyl (C=O) groups is 1. The number of hydrogen-bond donors (Lipinski definition) is 1. The summed E-state index contributed by atoms with van der Waals surface area (Å²) in [6, 6.07) is 10.7. The summed E-state index contributed by atoms with van der Waals surface area (Å²) in [4.78, 5) is 13.1. The Balaban J connectivity index is 1.96. The van der Waals surface area contributed by atoms with E-state index in [1.165, 1.54) is 5.56 Å². The lowest BCUT2D eigenvalue weighted by molar-refractivity contribution is -0.137. The predicted octanol–water partition coefficient (Wildman–Crippen LogP) is 2.56. The van der Waals surface area contributed by atoms with Crippen molar-refractivity contribution in [1.29, 1.82) is 0 Å². The fraction of sp³-hybridized carbons (Fsp3) is 0.562. The van der Waals surface area contributed by atoms with E-state index in [1.54, 1.807) is 7.11 Å². The van der Waals surface area contributed by atoms with Gasteiger partial charge >= 0.3 is 5.97 Å². The van der Waals surface area contributed by atoms with E-state index in [0.717, 1.165) is 25.9 Å². The molecule has 0 amide bonds. The molecule has 4 heteroatoms. The molecule has 0 spiro atoms. The maximum Gasteiger partial charge on any atom is 0.303 e. The number of rotatable bonds is 7. The summed E-state index contributed by atoms with van der Waals surface area (Å²) in [5.41, 5.74) is 1.27. The largest absolute Gasteiger partial charge is 0.481 e. The van der Waals surface area contributed by atoms with Gasteiger partial charge in [-0.15, -0.1) is 0 Å². The van der Waals surface area contributed by atoms with Gasteiger partial charge in [0.2, 0.25) is 0 Å². The summed E-state index contributed by atoms with van der Waals surface area (Å²) in [6.07, 6.45) is 2.14. The quantitative estimate of drug-likeness (QED) is 0.832. The summed E-state index contributed by atoms with van der Waals surface area (Å²) in [7, 11) is 1.73. The number of carboxylic acid groups (broad SMARTS) is 1. The first-order valence-corrected chi connectivity index (χ1v) is 7.20. The minimum atomic E-state index is -0.694. The highest BCUT2D eigenvalue weighted by Gasteiger charge is 2.29. The molecule has 4 nitrogen and oxygen atoms in total. The van der Waals surface area contributed by atoms with Gasteiger partial charge in [-0.1, -0.05) is 30.3 Å². The second kappa shape index (κ2) is 7.41. The van der Waals surface area contributed by atoms with Crippen LogP contribution < -0.4 is 0 Å². The highest BCUT2D eigenvalue weighted by atomic mass is 16.5. The lowest BCUT2D eigenvalue weighted by Crippen LogP contribution is -2.29. The van der Waals surface area contributed by atoms with Crippen LogP contribution in [0.3, 0.4) is 0 Å². The Bertz CT molecular complexity index is 421. The number of aliphatic carboxylic acids is 1. The fourth-order valence-corrected chi connectivity index (χ4v) is 2.95. The third-order valence-electron chi connectivity index (χ3n) is 4.03. The van der Waals surface area contributed by atoms with Crippen LogP contribution in [0.15, 0.2) is 30.3 Å². The highest BCUT2D eigenvalue weighted by molar-refractivity contribution is 5.66. The Morgan fingerprint density at radius 1 is 1.45 bits per heavy atom. The molecule has 0 aromatic heterocycles. The summed E-state index contributed by atoms with van der Waals surface area (Å²) in [5, 5.41) is 8.78. The molecular formula is C16H23NO3. The fourth-order valence-electron chi connectivity index (χ4n) is 2.95. The van der Waals surface area contributed by atoms with Crippen molar-refractivity contribution in [2.24, 2.45) is 5.92 Å². The van der Waals surface area contributed by atoms with Crippen LogP contribution in [0.25, 0.3) is 0 Å². The zero-order valence-electron chi connectivity index (χ0n) is 12.0. The Hall–Kier alpha value is -1.39. The molecule has 2 atom stereocenters. The number of ether oxygens (including phenoxy) is 1. The predicted molar refractivity (Wildman–Crippen MR) is 77.6 cm³/mol. The first-order chi connectivity index (χ1) is 9.70. The number of nitrogens with zero attached hydrogens (tertiary/aromatic N) is 1. The molecule has 20 heavy (non-hydrogen) atoms. The van der Waals surface area contributed by atoms with E-state index in [-0.39, 0.29) is 12.5 Å². The van der Waals surface area contributed by atoms with E-state index < -0.39 is 5.97 Å². The average molecular weight is 277 g/mol. The average Bonchev–Trinajstić information content (AvgIpc) is 2.92. The monoisotopic (exact) mass is 277 g/mol. The van der Waals surface area contributed by atoms with Gasteiger partial charge in [0.1, 0.15) is 0 Å². The lowest BCUT2D eigenvalue weighted by Gasteiger charge is -2.27. The van der Waals surface area contributed by atoms with E-state index in [2.05, 4.69) is 29.2 Å². The van der Waals surface area contributed by atoms with E-state index in [4.69, 9.17) is 9.84 Å². The highest BCUT2D eigenvalue weighted by Crippen LogP contribution is 2.29. The van der Waals surface area contributed by atoms with E-state index in [9.17, 15) is 4.79 Å². The minimum Gasteiger partial charge on any atom is -0.481 e. The molecule has 1 N–H and O–H groups in total. The Kier molecular flexibility index (Phi) is 5.56. The molecule has 2 rings (SSSR count). The van der Waals surface area contributed by atoms with E-state index in [0.29, 0.717) is 12.5 Å². The Labute approximate surface area is 120 Å². The molecule has 1 heterocycles. The van der Waals surface area contributed by atoms with E-state index >= 15 is 0 Å². The van der Waals surface area contributed by atoms with Gasteiger partial charge in [0.25, 0.3) is 0 Å². The van der Waals surface area contributed by atoms with Crippen molar-refractivity contribution in [3.8, 4) is 0 Å². The lowest BCUT2D eigenvalue weighted by atomic mass is 10.0. The standard InChI is InChI=1S/C16H23NO3/c1-20-12-15(14-5-3-2-4-6-14)17-10-9-13(11-17)7-8-16(18)19/h2-6,13,15H,7-12H2,1H3,(H,18,19). The van der Waals surface area contributed by atoms with Crippen molar-refractivity contribution in [1.82, 2.24) is 4.90 Å². The third-order valence-corrected chi connectivity index (χ3v) is 4.03. The Morgan fingerprint density at radius 3 is 2.85 bits per heavy atom. The topological polar surface area (TPSA) is 49.8 Å². The maximum absolute atomic E-state index is 10.7. The number of benzene rings is 1.